The van der Waals surface area contributed by atoms with Crippen LogP contribution in [-0.4, -0.2) is 9.55 Å². The number of rotatable bonds is 3. The normalized spacial score (nSPS) is 11.3. The quantitative estimate of drug-likeness (QED) is 0.795. The van der Waals surface area contributed by atoms with Crippen LogP contribution in [0.3, 0.4) is 0 Å². The molecule has 4 heteroatoms. The molecule has 0 saturated heterocycles. The molecule has 0 fully saturated rings. The molecular formula is C15H17N3S. The lowest BCUT2D eigenvalue weighted by Crippen LogP contribution is -1.99. The molecule has 2 N–H and O–H groups in total. The molecule has 0 aliphatic carbocycles. The standard InChI is InChI=1S/C15H17N3S/c1-10-11(2)19-15(17-10)9-18-6-5-13-4-3-12(8-16)7-14(13)18/h3-7H,8-9,16H2,1-2H3. The zero-order valence-electron chi connectivity index (χ0n) is 11.2. The van der Waals surface area contributed by atoms with Crippen LogP contribution in [-0.2, 0) is 13.1 Å². The summed E-state index contributed by atoms with van der Waals surface area (Å²) in [7, 11) is 0. The fraction of sp³-hybridized carbons (Fsp3) is 0.267. The molecule has 0 amide bonds. The Morgan fingerprint density at radius 1 is 1.26 bits per heavy atom. The number of benzene rings is 1. The van der Waals surface area contributed by atoms with Gasteiger partial charge in [-0.1, -0.05) is 12.1 Å². The van der Waals surface area contributed by atoms with Crippen molar-refractivity contribution in [2.75, 3.05) is 0 Å². The van der Waals surface area contributed by atoms with E-state index in [1.807, 2.05) is 0 Å². The highest BCUT2D eigenvalue weighted by molar-refractivity contribution is 7.11. The highest BCUT2D eigenvalue weighted by Crippen LogP contribution is 2.22. The third-order valence-electron chi connectivity index (χ3n) is 3.45. The lowest BCUT2D eigenvalue weighted by molar-refractivity contribution is 0.823. The van der Waals surface area contributed by atoms with Crippen LogP contribution < -0.4 is 5.73 Å². The van der Waals surface area contributed by atoms with Gasteiger partial charge >= 0.3 is 0 Å². The van der Waals surface area contributed by atoms with Gasteiger partial charge in [-0.15, -0.1) is 11.3 Å². The van der Waals surface area contributed by atoms with Crippen LogP contribution in [0.5, 0.6) is 0 Å². The maximum Gasteiger partial charge on any atom is 0.113 e. The largest absolute Gasteiger partial charge is 0.341 e. The van der Waals surface area contributed by atoms with Crippen molar-refractivity contribution >= 4 is 22.2 Å². The molecule has 0 bridgehead atoms. The average Bonchev–Trinajstić information content (AvgIpc) is 2.94. The van der Waals surface area contributed by atoms with Gasteiger partial charge in [0, 0.05) is 23.1 Å². The van der Waals surface area contributed by atoms with Crippen molar-refractivity contribution in [1.29, 1.82) is 0 Å². The lowest BCUT2D eigenvalue weighted by atomic mass is 10.1. The Morgan fingerprint density at radius 3 is 2.79 bits per heavy atom. The second-order valence-corrected chi connectivity index (χ2v) is 6.08. The molecule has 2 aromatic heterocycles. The second kappa shape index (κ2) is 4.79. The van der Waals surface area contributed by atoms with Crippen molar-refractivity contribution < 1.29 is 0 Å². The Bertz CT molecular complexity index is 705. The minimum Gasteiger partial charge on any atom is -0.341 e. The van der Waals surface area contributed by atoms with Crippen molar-refractivity contribution in [3.05, 3.63) is 51.6 Å². The molecule has 0 aliphatic heterocycles. The van der Waals surface area contributed by atoms with Crippen LogP contribution in [0.1, 0.15) is 21.1 Å². The van der Waals surface area contributed by atoms with Crippen LogP contribution >= 0.6 is 11.3 Å². The molecule has 0 unspecified atom stereocenters. The summed E-state index contributed by atoms with van der Waals surface area (Å²) in [6, 6.07) is 8.53. The van der Waals surface area contributed by atoms with E-state index in [2.05, 4.69) is 53.9 Å². The topological polar surface area (TPSA) is 43.8 Å². The van der Waals surface area contributed by atoms with Gasteiger partial charge in [0.25, 0.3) is 0 Å². The van der Waals surface area contributed by atoms with Crippen molar-refractivity contribution in [2.45, 2.75) is 26.9 Å². The average molecular weight is 271 g/mol. The number of aryl methyl sites for hydroxylation is 2. The fourth-order valence-electron chi connectivity index (χ4n) is 2.25. The number of nitrogens with zero attached hydrogens (tertiary/aromatic N) is 2. The van der Waals surface area contributed by atoms with E-state index in [4.69, 9.17) is 5.73 Å². The van der Waals surface area contributed by atoms with E-state index in [9.17, 15) is 0 Å². The number of hydrogen-bond donors (Lipinski definition) is 1. The first-order valence-electron chi connectivity index (χ1n) is 6.38. The third kappa shape index (κ3) is 2.29. The summed E-state index contributed by atoms with van der Waals surface area (Å²) < 4.78 is 2.24. The van der Waals surface area contributed by atoms with Crippen molar-refractivity contribution in [1.82, 2.24) is 9.55 Å². The molecule has 3 nitrogen and oxygen atoms in total. The number of aromatic nitrogens is 2. The first-order chi connectivity index (χ1) is 9.17. The first-order valence-corrected chi connectivity index (χ1v) is 7.20. The molecule has 0 spiro atoms. The second-order valence-electron chi connectivity index (χ2n) is 4.79. The molecule has 98 valence electrons. The van der Waals surface area contributed by atoms with Crippen molar-refractivity contribution in [3.8, 4) is 0 Å². The van der Waals surface area contributed by atoms with E-state index < -0.39 is 0 Å². The molecular weight excluding hydrogens is 254 g/mol. The first kappa shape index (κ1) is 12.4. The van der Waals surface area contributed by atoms with Crippen LogP contribution in [0, 0.1) is 13.8 Å². The highest BCUT2D eigenvalue weighted by Gasteiger charge is 2.07. The number of fused-ring (bicyclic) bond motifs is 1. The van der Waals surface area contributed by atoms with Gasteiger partial charge in [-0.2, -0.15) is 0 Å². The molecule has 19 heavy (non-hydrogen) atoms. The van der Waals surface area contributed by atoms with E-state index in [0.29, 0.717) is 6.54 Å². The van der Waals surface area contributed by atoms with E-state index in [0.717, 1.165) is 17.2 Å². The summed E-state index contributed by atoms with van der Waals surface area (Å²) in [5.74, 6) is 0. The predicted octanol–water partition coefficient (Wildman–Crippen LogP) is 3.22. The maximum atomic E-state index is 5.72. The SMILES string of the molecule is Cc1nc(Cn2ccc3ccc(CN)cc32)sc1C. The maximum absolute atomic E-state index is 5.72. The van der Waals surface area contributed by atoms with Gasteiger partial charge in [-0.25, -0.2) is 4.98 Å². The van der Waals surface area contributed by atoms with E-state index >= 15 is 0 Å². The van der Waals surface area contributed by atoms with Crippen molar-refractivity contribution in [3.63, 3.8) is 0 Å². The zero-order valence-corrected chi connectivity index (χ0v) is 12.0. The van der Waals surface area contributed by atoms with E-state index in [1.165, 1.54) is 21.3 Å². The van der Waals surface area contributed by atoms with Gasteiger partial charge in [0.05, 0.1) is 12.2 Å². The molecule has 0 saturated carbocycles. The monoisotopic (exact) mass is 271 g/mol. The molecule has 0 aliphatic rings. The highest BCUT2D eigenvalue weighted by atomic mass is 32.1. The van der Waals surface area contributed by atoms with E-state index in [-0.39, 0.29) is 0 Å². The minimum absolute atomic E-state index is 0.580. The summed E-state index contributed by atoms with van der Waals surface area (Å²) in [5.41, 5.74) is 9.25. The third-order valence-corrected chi connectivity index (χ3v) is 4.51. The lowest BCUT2D eigenvalue weighted by Gasteiger charge is -2.04. The van der Waals surface area contributed by atoms with Gasteiger partial charge in [0.2, 0.25) is 0 Å². The summed E-state index contributed by atoms with van der Waals surface area (Å²) in [6.07, 6.45) is 2.12. The van der Waals surface area contributed by atoms with Gasteiger partial charge in [-0.3, -0.25) is 0 Å². The summed E-state index contributed by atoms with van der Waals surface area (Å²) in [4.78, 5) is 5.91. The Kier molecular flexibility index (Phi) is 3.12. The Morgan fingerprint density at radius 2 is 2.11 bits per heavy atom. The van der Waals surface area contributed by atoms with Crippen LogP contribution in [0.4, 0.5) is 0 Å². The molecule has 2 heterocycles. The Balaban J connectivity index is 2.00. The van der Waals surface area contributed by atoms with Crippen LogP contribution in [0.15, 0.2) is 30.5 Å². The molecule has 3 rings (SSSR count). The molecule has 1 aromatic carbocycles. The molecule has 0 atom stereocenters. The fourth-order valence-corrected chi connectivity index (χ4v) is 3.18. The smallest absolute Gasteiger partial charge is 0.113 e. The summed E-state index contributed by atoms with van der Waals surface area (Å²) in [5, 5.41) is 2.41. The Labute approximate surface area is 116 Å². The van der Waals surface area contributed by atoms with Gasteiger partial charge in [0.15, 0.2) is 0 Å². The molecule has 0 radical (unpaired) electrons. The molecule has 3 aromatic rings. The van der Waals surface area contributed by atoms with Crippen LogP contribution in [0.25, 0.3) is 10.9 Å². The van der Waals surface area contributed by atoms with E-state index in [1.54, 1.807) is 11.3 Å². The van der Waals surface area contributed by atoms with Crippen LogP contribution in [0.2, 0.25) is 0 Å². The van der Waals surface area contributed by atoms with Gasteiger partial charge < -0.3 is 10.3 Å². The Hall–Kier alpha value is -1.65. The number of thiazole rings is 1. The van der Waals surface area contributed by atoms with Gasteiger partial charge in [-0.05, 0) is 36.9 Å². The summed E-state index contributed by atoms with van der Waals surface area (Å²) >= 11 is 1.77. The number of hydrogen-bond acceptors (Lipinski definition) is 3. The van der Waals surface area contributed by atoms with Gasteiger partial charge in [0.1, 0.15) is 5.01 Å². The predicted molar refractivity (Wildman–Crippen MR) is 80.5 cm³/mol. The minimum atomic E-state index is 0.580. The van der Waals surface area contributed by atoms with Crippen molar-refractivity contribution in [2.24, 2.45) is 5.73 Å². The number of nitrogens with two attached hydrogens (primary N) is 1. The zero-order chi connectivity index (χ0) is 13.4. The summed E-state index contributed by atoms with van der Waals surface area (Å²) in [6.45, 7) is 5.60.